The summed E-state index contributed by atoms with van der Waals surface area (Å²) in [5.74, 6) is 0.995. The Hall–Kier alpha value is -2.24. The van der Waals surface area contributed by atoms with Crippen LogP contribution in [0.5, 0.6) is 11.5 Å². The van der Waals surface area contributed by atoms with Crippen molar-refractivity contribution < 1.29 is 23.8 Å². The molecular formula is C17H23NO5. The van der Waals surface area contributed by atoms with Gasteiger partial charge in [-0.15, -0.1) is 0 Å². The highest BCUT2D eigenvalue weighted by atomic mass is 16.6. The van der Waals surface area contributed by atoms with E-state index in [9.17, 15) is 9.59 Å². The van der Waals surface area contributed by atoms with Crippen molar-refractivity contribution in [1.82, 2.24) is 0 Å². The van der Waals surface area contributed by atoms with Gasteiger partial charge in [-0.1, -0.05) is 0 Å². The molecule has 1 aromatic rings. The second kappa shape index (κ2) is 6.10. The van der Waals surface area contributed by atoms with Crippen LogP contribution in [0.1, 0.15) is 39.2 Å². The molecular weight excluding hydrogens is 298 g/mol. The fraction of sp³-hybridized carbons (Fsp3) is 0.529. The lowest BCUT2D eigenvalue weighted by molar-refractivity contribution is -0.109. The number of rotatable bonds is 5. The zero-order valence-corrected chi connectivity index (χ0v) is 14.2. The van der Waals surface area contributed by atoms with Crippen molar-refractivity contribution >= 4 is 18.1 Å². The van der Waals surface area contributed by atoms with Crippen molar-refractivity contribution in [3.63, 3.8) is 0 Å². The predicted molar refractivity (Wildman–Crippen MR) is 86.4 cm³/mol. The maximum absolute atomic E-state index is 12.1. The first-order chi connectivity index (χ1) is 10.7. The van der Waals surface area contributed by atoms with E-state index in [4.69, 9.17) is 14.2 Å². The molecule has 2 rings (SSSR count). The van der Waals surface area contributed by atoms with E-state index in [2.05, 4.69) is 5.32 Å². The Morgan fingerprint density at radius 3 is 2.17 bits per heavy atom. The van der Waals surface area contributed by atoms with Crippen LogP contribution in [0.4, 0.5) is 10.5 Å². The topological polar surface area (TPSA) is 73.9 Å². The van der Waals surface area contributed by atoms with E-state index in [1.807, 2.05) is 0 Å². The van der Waals surface area contributed by atoms with Crippen molar-refractivity contribution in [3.05, 3.63) is 17.7 Å². The SMILES string of the molecule is COc1cc(NC(=O)OC(C)(C)C)c(C2(C=O)CC2)cc1OC. The molecule has 1 saturated carbocycles. The van der Waals surface area contributed by atoms with E-state index in [0.717, 1.165) is 24.7 Å². The number of nitrogens with one attached hydrogen (secondary N) is 1. The van der Waals surface area contributed by atoms with Gasteiger partial charge in [-0.25, -0.2) is 4.79 Å². The van der Waals surface area contributed by atoms with Crippen LogP contribution < -0.4 is 14.8 Å². The van der Waals surface area contributed by atoms with Crippen molar-refractivity contribution in [1.29, 1.82) is 0 Å². The third kappa shape index (κ3) is 3.75. The van der Waals surface area contributed by atoms with E-state index in [0.29, 0.717) is 17.2 Å². The van der Waals surface area contributed by atoms with Gasteiger partial charge in [0.1, 0.15) is 11.9 Å². The minimum atomic E-state index is -0.608. The Morgan fingerprint density at radius 1 is 1.17 bits per heavy atom. The monoisotopic (exact) mass is 321 g/mol. The Bertz CT molecular complexity index is 614. The lowest BCUT2D eigenvalue weighted by Crippen LogP contribution is -2.28. The average molecular weight is 321 g/mol. The van der Waals surface area contributed by atoms with Crippen LogP contribution in [0.15, 0.2) is 12.1 Å². The number of amides is 1. The average Bonchev–Trinajstić information content (AvgIpc) is 3.25. The molecule has 0 heterocycles. The Balaban J connectivity index is 2.40. The molecule has 1 aliphatic carbocycles. The number of hydrogen-bond donors (Lipinski definition) is 1. The fourth-order valence-corrected chi connectivity index (χ4v) is 2.39. The molecule has 1 aliphatic rings. The highest BCUT2D eigenvalue weighted by Crippen LogP contribution is 2.51. The molecule has 0 bridgehead atoms. The normalized spacial score (nSPS) is 15.5. The van der Waals surface area contributed by atoms with E-state index in [-0.39, 0.29) is 0 Å². The number of anilines is 1. The van der Waals surface area contributed by atoms with Crippen LogP contribution in [-0.4, -0.2) is 32.2 Å². The second-order valence-electron chi connectivity index (χ2n) is 6.65. The zero-order chi connectivity index (χ0) is 17.3. The molecule has 1 fully saturated rings. The lowest BCUT2D eigenvalue weighted by Gasteiger charge is -2.22. The number of carbonyl (C=O) groups is 2. The summed E-state index contributed by atoms with van der Waals surface area (Å²) in [5.41, 5.74) is 0.0459. The van der Waals surface area contributed by atoms with Gasteiger partial charge < -0.3 is 19.0 Å². The van der Waals surface area contributed by atoms with Crippen molar-refractivity contribution in [2.45, 2.75) is 44.6 Å². The summed E-state index contributed by atoms with van der Waals surface area (Å²) in [5, 5.41) is 2.72. The summed E-state index contributed by atoms with van der Waals surface area (Å²) in [6, 6.07) is 3.40. The first-order valence-electron chi connectivity index (χ1n) is 7.47. The standard InChI is InChI=1S/C17H23NO5/c1-16(2,3)23-15(20)18-12-9-14(22-5)13(21-4)8-11(12)17(10-19)6-7-17/h8-10H,6-7H2,1-5H3,(H,18,20). The number of carbonyl (C=O) groups excluding carboxylic acids is 2. The number of aldehydes is 1. The van der Waals surface area contributed by atoms with Gasteiger partial charge in [0.05, 0.1) is 25.3 Å². The van der Waals surface area contributed by atoms with Crippen LogP contribution >= 0.6 is 0 Å². The molecule has 126 valence electrons. The van der Waals surface area contributed by atoms with Gasteiger partial charge in [-0.3, -0.25) is 5.32 Å². The molecule has 0 radical (unpaired) electrons. The summed E-state index contributed by atoms with van der Waals surface area (Å²) < 4.78 is 15.9. The minimum Gasteiger partial charge on any atom is -0.493 e. The third-order valence-electron chi connectivity index (χ3n) is 3.71. The van der Waals surface area contributed by atoms with Crippen LogP contribution in [0.2, 0.25) is 0 Å². The maximum Gasteiger partial charge on any atom is 0.412 e. The summed E-state index contributed by atoms with van der Waals surface area (Å²) in [6.07, 6.45) is 1.84. The molecule has 1 amide bonds. The Morgan fingerprint density at radius 2 is 1.74 bits per heavy atom. The summed E-state index contributed by atoms with van der Waals surface area (Å²) in [7, 11) is 3.05. The van der Waals surface area contributed by atoms with Gasteiger partial charge in [0, 0.05) is 6.07 Å². The molecule has 0 spiro atoms. The number of benzene rings is 1. The molecule has 0 atom stereocenters. The van der Waals surface area contributed by atoms with Crippen molar-refractivity contribution in [2.24, 2.45) is 0 Å². The Kier molecular flexibility index (Phi) is 4.54. The summed E-state index contributed by atoms with van der Waals surface area (Å²) in [4.78, 5) is 23.6. The highest BCUT2D eigenvalue weighted by molar-refractivity contribution is 5.90. The van der Waals surface area contributed by atoms with E-state index < -0.39 is 17.1 Å². The lowest BCUT2D eigenvalue weighted by atomic mass is 9.95. The van der Waals surface area contributed by atoms with Crippen LogP contribution in [0.3, 0.4) is 0 Å². The molecule has 0 aliphatic heterocycles. The smallest absolute Gasteiger partial charge is 0.412 e. The predicted octanol–water partition coefficient (Wildman–Crippen LogP) is 3.28. The van der Waals surface area contributed by atoms with Gasteiger partial charge in [0.2, 0.25) is 0 Å². The summed E-state index contributed by atoms with van der Waals surface area (Å²) >= 11 is 0. The molecule has 6 heteroatoms. The van der Waals surface area contributed by atoms with Crippen LogP contribution in [-0.2, 0) is 14.9 Å². The molecule has 0 unspecified atom stereocenters. The molecule has 0 aromatic heterocycles. The van der Waals surface area contributed by atoms with E-state index >= 15 is 0 Å². The minimum absolute atomic E-state index is 0.476. The van der Waals surface area contributed by atoms with Gasteiger partial charge in [0.25, 0.3) is 0 Å². The second-order valence-corrected chi connectivity index (χ2v) is 6.65. The van der Waals surface area contributed by atoms with E-state index in [1.54, 1.807) is 32.9 Å². The molecule has 6 nitrogen and oxygen atoms in total. The first-order valence-corrected chi connectivity index (χ1v) is 7.47. The number of hydrogen-bond acceptors (Lipinski definition) is 5. The van der Waals surface area contributed by atoms with Crippen molar-refractivity contribution in [2.75, 3.05) is 19.5 Å². The molecule has 1 aromatic carbocycles. The highest BCUT2D eigenvalue weighted by Gasteiger charge is 2.46. The van der Waals surface area contributed by atoms with Gasteiger partial charge in [-0.2, -0.15) is 0 Å². The number of ether oxygens (including phenoxy) is 3. The van der Waals surface area contributed by atoms with E-state index in [1.165, 1.54) is 14.2 Å². The fourth-order valence-electron chi connectivity index (χ4n) is 2.39. The van der Waals surface area contributed by atoms with Crippen molar-refractivity contribution in [3.8, 4) is 11.5 Å². The largest absolute Gasteiger partial charge is 0.493 e. The summed E-state index contributed by atoms with van der Waals surface area (Å²) in [6.45, 7) is 5.36. The third-order valence-corrected chi connectivity index (χ3v) is 3.71. The van der Waals surface area contributed by atoms with Crippen LogP contribution in [0.25, 0.3) is 0 Å². The van der Waals surface area contributed by atoms with Crippen LogP contribution in [0, 0.1) is 0 Å². The quantitative estimate of drug-likeness (QED) is 0.842. The van der Waals surface area contributed by atoms with Gasteiger partial charge in [0.15, 0.2) is 11.5 Å². The zero-order valence-electron chi connectivity index (χ0n) is 14.2. The first kappa shape index (κ1) is 17.1. The molecule has 23 heavy (non-hydrogen) atoms. The van der Waals surface area contributed by atoms with Gasteiger partial charge >= 0.3 is 6.09 Å². The van der Waals surface area contributed by atoms with Gasteiger partial charge in [-0.05, 0) is 45.2 Å². The Labute approximate surface area is 136 Å². The molecule has 1 N–H and O–H groups in total. The molecule has 0 saturated heterocycles. The number of methoxy groups -OCH3 is 2. The maximum atomic E-state index is 12.1.